The van der Waals surface area contributed by atoms with E-state index in [2.05, 4.69) is 123 Å². The lowest BCUT2D eigenvalue weighted by Gasteiger charge is -2.18. The lowest BCUT2D eigenvalue weighted by molar-refractivity contribution is 0.919. The topological polar surface area (TPSA) is 35.6 Å². The summed E-state index contributed by atoms with van der Waals surface area (Å²) in [5.74, 6) is 0.986. The standard InChI is InChI=1S/C34H26N4/c1-37-21-20-36-34(37)26-12-9-13-27(22-26)38-31-16-6-5-14-28(31)29-18-17-25(23-32(29)38)33(24-10-3-2-4-11-24)30-15-7-8-19-35-30/h2-23,33H,1H3. The highest BCUT2D eigenvalue weighted by molar-refractivity contribution is 6.09. The first-order chi connectivity index (χ1) is 18.8. The summed E-state index contributed by atoms with van der Waals surface area (Å²) in [5, 5.41) is 2.48. The van der Waals surface area contributed by atoms with Gasteiger partial charge in [-0.25, -0.2) is 4.98 Å². The third kappa shape index (κ3) is 3.70. The van der Waals surface area contributed by atoms with Crippen LogP contribution in [0.25, 0.3) is 38.9 Å². The number of nitrogens with zero attached hydrogens (tertiary/aromatic N) is 4. The van der Waals surface area contributed by atoms with Crippen molar-refractivity contribution < 1.29 is 0 Å². The van der Waals surface area contributed by atoms with Crippen LogP contribution in [0.3, 0.4) is 0 Å². The molecule has 4 nitrogen and oxygen atoms in total. The number of aryl methyl sites for hydroxylation is 1. The number of imidazole rings is 1. The van der Waals surface area contributed by atoms with Crippen LogP contribution in [0.15, 0.2) is 134 Å². The zero-order valence-electron chi connectivity index (χ0n) is 21.1. The molecule has 182 valence electrons. The second-order valence-corrected chi connectivity index (χ2v) is 9.64. The van der Waals surface area contributed by atoms with E-state index in [-0.39, 0.29) is 5.92 Å². The largest absolute Gasteiger partial charge is 0.334 e. The molecule has 0 fully saturated rings. The van der Waals surface area contributed by atoms with Gasteiger partial charge in [-0.2, -0.15) is 0 Å². The summed E-state index contributed by atoms with van der Waals surface area (Å²) in [5.41, 5.74) is 8.05. The van der Waals surface area contributed by atoms with Crippen molar-refractivity contribution in [2.24, 2.45) is 7.05 Å². The summed E-state index contributed by atoms with van der Waals surface area (Å²) in [6, 6.07) is 41.0. The Morgan fingerprint density at radius 2 is 1.42 bits per heavy atom. The Kier molecular flexibility index (Phi) is 5.37. The van der Waals surface area contributed by atoms with Crippen LogP contribution in [-0.4, -0.2) is 19.1 Å². The fraction of sp³-hybridized carbons (Fsp3) is 0.0588. The molecule has 0 aliphatic carbocycles. The fourth-order valence-electron chi connectivity index (χ4n) is 5.60. The predicted octanol–water partition coefficient (Wildman–Crippen LogP) is 7.76. The highest BCUT2D eigenvalue weighted by Gasteiger charge is 2.20. The smallest absolute Gasteiger partial charge is 0.139 e. The third-order valence-electron chi connectivity index (χ3n) is 7.33. The van der Waals surface area contributed by atoms with Crippen LogP contribution < -0.4 is 0 Å². The highest BCUT2D eigenvalue weighted by Crippen LogP contribution is 2.37. The zero-order valence-corrected chi connectivity index (χ0v) is 21.1. The maximum Gasteiger partial charge on any atom is 0.139 e. The molecule has 0 aliphatic rings. The molecule has 4 aromatic carbocycles. The summed E-state index contributed by atoms with van der Waals surface area (Å²) in [6.45, 7) is 0. The van der Waals surface area contributed by atoms with Gasteiger partial charge >= 0.3 is 0 Å². The highest BCUT2D eigenvalue weighted by atomic mass is 15.0. The van der Waals surface area contributed by atoms with Gasteiger partial charge in [-0.1, -0.05) is 78.9 Å². The van der Waals surface area contributed by atoms with Gasteiger partial charge in [0.05, 0.1) is 22.6 Å². The Morgan fingerprint density at radius 3 is 2.24 bits per heavy atom. The summed E-state index contributed by atoms with van der Waals surface area (Å²) >= 11 is 0. The second kappa shape index (κ2) is 9.16. The van der Waals surface area contributed by atoms with Gasteiger partial charge in [0.25, 0.3) is 0 Å². The average Bonchev–Trinajstić information content (AvgIpc) is 3.55. The summed E-state index contributed by atoms with van der Waals surface area (Å²) < 4.78 is 4.43. The maximum absolute atomic E-state index is 4.77. The Morgan fingerprint density at radius 1 is 0.605 bits per heavy atom. The van der Waals surface area contributed by atoms with Gasteiger partial charge in [-0.05, 0) is 47.5 Å². The van der Waals surface area contributed by atoms with E-state index in [1.807, 2.05) is 31.7 Å². The van der Waals surface area contributed by atoms with Crippen molar-refractivity contribution in [1.82, 2.24) is 19.1 Å². The van der Waals surface area contributed by atoms with Crippen LogP contribution in [0.2, 0.25) is 0 Å². The SMILES string of the molecule is Cn1ccnc1-c1cccc(-n2c3ccccc3c3ccc(C(c4ccccc4)c4ccccn4)cc32)c1. The van der Waals surface area contributed by atoms with Crippen LogP contribution in [0.4, 0.5) is 0 Å². The van der Waals surface area contributed by atoms with Crippen LogP contribution in [0.1, 0.15) is 22.7 Å². The fourth-order valence-corrected chi connectivity index (χ4v) is 5.60. The molecule has 3 aromatic heterocycles. The minimum Gasteiger partial charge on any atom is -0.334 e. The number of fused-ring (bicyclic) bond motifs is 3. The monoisotopic (exact) mass is 490 g/mol. The normalized spacial score (nSPS) is 12.2. The molecule has 4 heteroatoms. The van der Waals surface area contributed by atoms with Crippen LogP contribution in [0, 0.1) is 0 Å². The van der Waals surface area contributed by atoms with Crippen LogP contribution in [-0.2, 0) is 7.05 Å². The van der Waals surface area contributed by atoms with Crippen molar-refractivity contribution in [2.45, 2.75) is 5.92 Å². The number of para-hydroxylation sites is 1. The van der Waals surface area contributed by atoms with Gasteiger partial charge in [0.1, 0.15) is 5.82 Å². The number of rotatable bonds is 5. The van der Waals surface area contributed by atoms with Crippen LogP contribution >= 0.6 is 0 Å². The van der Waals surface area contributed by atoms with Gasteiger partial charge in [0, 0.05) is 47.7 Å². The van der Waals surface area contributed by atoms with Crippen molar-refractivity contribution in [2.75, 3.05) is 0 Å². The number of benzene rings is 4. The van der Waals surface area contributed by atoms with Crippen molar-refractivity contribution in [3.8, 4) is 17.1 Å². The van der Waals surface area contributed by atoms with Crippen LogP contribution in [0.5, 0.6) is 0 Å². The molecule has 0 aliphatic heterocycles. The Hall–Kier alpha value is -4.96. The Labute approximate surface area is 221 Å². The molecule has 0 amide bonds. The van der Waals surface area contributed by atoms with Gasteiger partial charge in [-0.3, -0.25) is 4.98 Å². The maximum atomic E-state index is 4.77. The van der Waals surface area contributed by atoms with E-state index in [0.717, 1.165) is 22.8 Å². The molecule has 3 heterocycles. The first kappa shape index (κ1) is 22.3. The molecule has 0 bridgehead atoms. The lowest BCUT2D eigenvalue weighted by atomic mass is 9.87. The quantitative estimate of drug-likeness (QED) is 0.247. The van der Waals surface area contributed by atoms with Crippen molar-refractivity contribution in [1.29, 1.82) is 0 Å². The van der Waals surface area contributed by atoms with E-state index in [0.29, 0.717) is 0 Å². The van der Waals surface area contributed by atoms with Crippen molar-refractivity contribution in [3.63, 3.8) is 0 Å². The molecule has 0 spiro atoms. The lowest BCUT2D eigenvalue weighted by Crippen LogP contribution is -2.05. The number of pyridine rings is 1. The number of aromatic nitrogens is 4. The van der Waals surface area contributed by atoms with E-state index in [1.165, 1.54) is 32.9 Å². The minimum absolute atomic E-state index is 0.0344. The van der Waals surface area contributed by atoms with Gasteiger partial charge in [0.15, 0.2) is 0 Å². The minimum atomic E-state index is 0.0344. The molecule has 7 rings (SSSR count). The van der Waals surface area contributed by atoms with Gasteiger partial charge in [0.2, 0.25) is 0 Å². The predicted molar refractivity (Wildman–Crippen MR) is 155 cm³/mol. The molecule has 7 aromatic rings. The zero-order chi connectivity index (χ0) is 25.5. The van der Waals surface area contributed by atoms with Crippen molar-refractivity contribution in [3.05, 3.63) is 151 Å². The van der Waals surface area contributed by atoms with Gasteiger partial charge in [-0.15, -0.1) is 0 Å². The van der Waals surface area contributed by atoms with E-state index < -0.39 is 0 Å². The molecule has 38 heavy (non-hydrogen) atoms. The van der Waals surface area contributed by atoms with E-state index >= 15 is 0 Å². The first-order valence-corrected chi connectivity index (χ1v) is 12.8. The molecule has 0 N–H and O–H groups in total. The number of hydrogen-bond donors (Lipinski definition) is 0. The molecule has 0 saturated heterocycles. The summed E-state index contributed by atoms with van der Waals surface area (Å²) in [4.78, 5) is 9.35. The van der Waals surface area contributed by atoms with Crippen molar-refractivity contribution >= 4 is 21.8 Å². The number of hydrogen-bond acceptors (Lipinski definition) is 2. The molecule has 1 unspecified atom stereocenters. The second-order valence-electron chi connectivity index (χ2n) is 9.64. The average molecular weight is 491 g/mol. The summed E-state index contributed by atoms with van der Waals surface area (Å²) in [7, 11) is 2.03. The van der Waals surface area contributed by atoms with E-state index in [9.17, 15) is 0 Å². The van der Waals surface area contributed by atoms with E-state index in [4.69, 9.17) is 4.98 Å². The Balaban J connectivity index is 1.48. The Bertz CT molecular complexity index is 1840. The third-order valence-corrected chi connectivity index (χ3v) is 7.33. The first-order valence-electron chi connectivity index (χ1n) is 12.8. The van der Waals surface area contributed by atoms with Gasteiger partial charge < -0.3 is 9.13 Å². The molecule has 1 atom stereocenters. The van der Waals surface area contributed by atoms with E-state index in [1.54, 1.807) is 0 Å². The molecule has 0 radical (unpaired) electrons. The summed E-state index contributed by atoms with van der Waals surface area (Å²) in [6.07, 6.45) is 5.70. The molecular formula is C34H26N4. The molecular weight excluding hydrogens is 464 g/mol. The molecule has 0 saturated carbocycles.